The number of ether oxygens (including phenoxy) is 2. The number of rotatable bonds is 13. The number of aryl methyl sites for hydroxylation is 1. The van der Waals surface area contributed by atoms with Crippen LogP contribution >= 0.6 is 0 Å². The monoisotopic (exact) mass is 688 g/mol. The molecule has 0 saturated heterocycles. The largest absolute Gasteiger partial charge is 0.445 e. The van der Waals surface area contributed by atoms with Crippen LogP contribution in [-0.2, 0) is 33.5 Å². The molecule has 0 radical (unpaired) electrons. The first-order chi connectivity index (χ1) is 24.5. The van der Waals surface area contributed by atoms with E-state index in [1.807, 2.05) is 84.9 Å². The molecule has 4 N–H and O–H groups in total. The normalized spacial score (nSPS) is 11.9. The molecule has 51 heavy (non-hydrogen) atoms. The molecule has 0 aliphatic rings. The van der Waals surface area contributed by atoms with Crippen LogP contribution in [0.15, 0.2) is 128 Å². The number of nitrogens with zero attached hydrogens (tertiary/aromatic N) is 2. The molecule has 0 aliphatic carbocycles. The van der Waals surface area contributed by atoms with Crippen LogP contribution in [0.1, 0.15) is 49.4 Å². The molecule has 1 atom stereocenters. The zero-order valence-electron chi connectivity index (χ0n) is 29.3. The van der Waals surface area contributed by atoms with Gasteiger partial charge in [-0.2, -0.15) is 5.10 Å². The smallest absolute Gasteiger partial charge is 0.408 e. The standard InChI is InChI=1S/C40H44N6O5/c1-39(2,3)51-37(48)41-26-25-33(44-38(49)50-28-29-17-9-5-10-18-29)36(47)43-34-27-42-46(4)35(34)45-40(30-19-11-6-12-20-30,31-21-13-7-14-22-31)32-23-15-8-16-24-32/h5-24,27,33,45H,25-26,28H2,1-4H3,(H,41,48)(H,43,47)(H,44,49)/t33-/m0/s1. The van der Waals surface area contributed by atoms with Gasteiger partial charge in [-0.15, -0.1) is 0 Å². The number of anilines is 2. The van der Waals surface area contributed by atoms with Crippen LogP contribution in [0.4, 0.5) is 21.1 Å². The van der Waals surface area contributed by atoms with Gasteiger partial charge in [0.15, 0.2) is 0 Å². The minimum Gasteiger partial charge on any atom is -0.445 e. The molecule has 11 nitrogen and oxygen atoms in total. The Labute approximate surface area is 298 Å². The van der Waals surface area contributed by atoms with Crippen LogP contribution in [0.5, 0.6) is 0 Å². The molecule has 5 rings (SSSR count). The van der Waals surface area contributed by atoms with E-state index in [0.29, 0.717) is 11.5 Å². The van der Waals surface area contributed by atoms with Gasteiger partial charge in [-0.1, -0.05) is 121 Å². The minimum absolute atomic E-state index is 0.0222. The van der Waals surface area contributed by atoms with Crippen LogP contribution in [0.3, 0.4) is 0 Å². The summed E-state index contributed by atoms with van der Waals surface area (Å²) in [6.07, 6.45) is 0.190. The van der Waals surface area contributed by atoms with Crippen molar-refractivity contribution in [2.24, 2.45) is 7.05 Å². The predicted molar refractivity (Wildman–Crippen MR) is 197 cm³/mol. The Hall–Kier alpha value is -6.10. The second kappa shape index (κ2) is 16.5. The molecule has 3 amide bonds. The molecule has 264 valence electrons. The SMILES string of the molecule is Cn1ncc(NC(=O)[C@H](CCNC(=O)OC(C)(C)C)NC(=O)OCc2ccccc2)c1NC(c1ccccc1)(c1ccccc1)c1ccccc1. The summed E-state index contributed by atoms with van der Waals surface area (Å²) in [7, 11) is 1.78. The van der Waals surface area contributed by atoms with Gasteiger partial charge in [-0.05, 0) is 49.4 Å². The summed E-state index contributed by atoms with van der Waals surface area (Å²) in [5.74, 6) is -0.00405. The fourth-order valence-corrected chi connectivity index (χ4v) is 5.66. The zero-order valence-corrected chi connectivity index (χ0v) is 29.3. The molecule has 0 aliphatic heterocycles. The maximum Gasteiger partial charge on any atom is 0.408 e. The van der Waals surface area contributed by atoms with E-state index in [1.165, 1.54) is 0 Å². The molecule has 0 bridgehead atoms. The van der Waals surface area contributed by atoms with E-state index in [2.05, 4.69) is 62.8 Å². The van der Waals surface area contributed by atoms with Gasteiger partial charge in [-0.25, -0.2) is 9.59 Å². The van der Waals surface area contributed by atoms with Crippen molar-refractivity contribution in [3.63, 3.8) is 0 Å². The number of hydrogen-bond donors (Lipinski definition) is 4. The second-order valence-corrected chi connectivity index (χ2v) is 13.0. The first kappa shape index (κ1) is 36.2. The third-order valence-corrected chi connectivity index (χ3v) is 8.05. The van der Waals surface area contributed by atoms with Crippen molar-refractivity contribution in [1.82, 2.24) is 20.4 Å². The molecular formula is C40H44N6O5. The minimum atomic E-state index is -1.08. The summed E-state index contributed by atoms with van der Waals surface area (Å²) in [5, 5.41) is 16.5. The van der Waals surface area contributed by atoms with Crippen LogP contribution in [0.2, 0.25) is 0 Å². The summed E-state index contributed by atoms with van der Waals surface area (Å²) in [6, 6.07) is 38.3. The number of nitrogens with one attached hydrogen (secondary N) is 4. The third kappa shape index (κ3) is 9.54. The van der Waals surface area contributed by atoms with Gasteiger partial charge in [0.1, 0.15) is 35.3 Å². The molecule has 0 unspecified atom stereocenters. The highest BCUT2D eigenvalue weighted by Gasteiger charge is 2.38. The summed E-state index contributed by atoms with van der Waals surface area (Å²) < 4.78 is 12.4. The predicted octanol–water partition coefficient (Wildman–Crippen LogP) is 6.97. The summed E-state index contributed by atoms with van der Waals surface area (Å²) >= 11 is 0. The van der Waals surface area contributed by atoms with E-state index in [0.717, 1.165) is 22.3 Å². The van der Waals surface area contributed by atoms with Crippen molar-refractivity contribution in [1.29, 1.82) is 0 Å². The zero-order chi connectivity index (χ0) is 36.3. The van der Waals surface area contributed by atoms with Crippen LogP contribution in [-0.4, -0.2) is 46.1 Å². The number of amides is 3. The van der Waals surface area contributed by atoms with Gasteiger partial charge in [-0.3, -0.25) is 9.48 Å². The van der Waals surface area contributed by atoms with Gasteiger partial charge >= 0.3 is 12.2 Å². The first-order valence-corrected chi connectivity index (χ1v) is 16.8. The van der Waals surface area contributed by atoms with Crippen molar-refractivity contribution in [3.8, 4) is 0 Å². The highest BCUT2D eigenvalue weighted by atomic mass is 16.6. The third-order valence-electron chi connectivity index (χ3n) is 8.05. The maximum atomic E-state index is 14.0. The van der Waals surface area contributed by atoms with Crippen LogP contribution < -0.4 is 21.3 Å². The van der Waals surface area contributed by atoms with Crippen molar-refractivity contribution in [3.05, 3.63) is 150 Å². The van der Waals surface area contributed by atoms with Gasteiger partial charge in [0.25, 0.3) is 0 Å². The van der Waals surface area contributed by atoms with Gasteiger partial charge < -0.3 is 30.7 Å². The Kier molecular flexibility index (Phi) is 11.7. The molecule has 0 spiro atoms. The van der Waals surface area contributed by atoms with Crippen molar-refractivity contribution in [2.75, 3.05) is 17.2 Å². The van der Waals surface area contributed by atoms with Crippen molar-refractivity contribution >= 4 is 29.6 Å². The fourth-order valence-electron chi connectivity index (χ4n) is 5.66. The molecule has 1 aromatic heterocycles. The van der Waals surface area contributed by atoms with E-state index in [9.17, 15) is 14.4 Å². The number of aromatic nitrogens is 2. The average Bonchev–Trinajstić information content (AvgIpc) is 3.47. The highest BCUT2D eigenvalue weighted by Crippen LogP contribution is 2.41. The quantitative estimate of drug-likeness (QED) is 0.0982. The lowest BCUT2D eigenvalue weighted by atomic mass is 9.77. The Morgan fingerprint density at radius 3 is 1.76 bits per heavy atom. The van der Waals surface area contributed by atoms with E-state index in [1.54, 1.807) is 38.7 Å². The highest BCUT2D eigenvalue weighted by molar-refractivity contribution is 5.98. The van der Waals surface area contributed by atoms with Crippen molar-refractivity contribution in [2.45, 2.75) is 51.0 Å². The van der Waals surface area contributed by atoms with Gasteiger partial charge in [0.05, 0.1) is 6.20 Å². The molecule has 0 fully saturated rings. The van der Waals surface area contributed by atoms with E-state index in [-0.39, 0.29) is 19.6 Å². The maximum absolute atomic E-state index is 14.0. The first-order valence-electron chi connectivity index (χ1n) is 16.8. The summed E-state index contributed by atoms with van der Waals surface area (Å²) in [4.78, 5) is 39.3. The molecular weight excluding hydrogens is 644 g/mol. The lowest BCUT2D eigenvalue weighted by molar-refractivity contribution is -0.118. The van der Waals surface area contributed by atoms with Gasteiger partial charge in [0.2, 0.25) is 5.91 Å². The number of alkyl carbamates (subject to hydrolysis) is 2. The molecule has 1 heterocycles. The van der Waals surface area contributed by atoms with E-state index < -0.39 is 35.3 Å². The summed E-state index contributed by atoms with van der Waals surface area (Å²) in [6.45, 7) is 5.34. The average molecular weight is 689 g/mol. The lowest BCUT2D eigenvalue weighted by Crippen LogP contribution is -2.46. The number of carbonyl (C=O) groups is 3. The number of carbonyl (C=O) groups excluding carboxylic acids is 3. The van der Waals surface area contributed by atoms with Crippen LogP contribution in [0, 0.1) is 0 Å². The molecule has 5 aromatic rings. The van der Waals surface area contributed by atoms with Crippen molar-refractivity contribution < 1.29 is 23.9 Å². The lowest BCUT2D eigenvalue weighted by Gasteiger charge is -2.38. The van der Waals surface area contributed by atoms with Crippen LogP contribution in [0.25, 0.3) is 0 Å². The Morgan fingerprint density at radius 1 is 0.745 bits per heavy atom. The molecule has 0 saturated carbocycles. The number of benzene rings is 4. The Balaban J connectivity index is 1.43. The summed E-state index contributed by atoms with van der Waals surface area (Å²) in [5.41, 5.74) is 2.50. The Bertz CT molecular complexity index is 1780. The second-order valence-electron chi connectivity index (χ2n) is 13.0. The Morgan fingerprint density at radius 2 is 1.25 bits per heavy atom. The van der Waals surface area contributed by atoms with Gasteiger partial charge in [0, 0.05) is 13.6 Å². The number of hydrogen-bond acceptors (Lipinski definition) is 7. The molecule has 4 aromatic carbocycles. The fraction of sp³-hybridized carbons (Fsp3) is 0.250. The topological polar surface area (TPSA) is 136 Å². The van der Waals surface area contributed by atoms with E-state index >= 15 is 0 Å². The van der Waals surface area contributed by atoms with E-state index in [4.69, 9.17) is 9.47 Å². The molecule has 11 heteroatoms.